The highest BCUT2D eigenvalue weighted by Crippen LogP contribution is 2.20. The molecular formula is C21H26N4O3S. The van der Waals surface area contributed by atoms with Crippen LogP contribution in [-0.4, -0.2) is 32.8 Å². The second-order valence-corrected chi connectivity index (χ2v) is 8.15. The van der Waals surface area contributed by atoms with Gasteiger partial charge in [-0.25, -0.2) is 4.98 Å². The summed E-state index contributed by atoms with van der Waals surface area (Å²) in [5, 5.41) is 3.41. The molecule has 1 aromatic carbocycles. The highest BCUT2D eigenvalue weighted by Gasteiger charge is 2.16. The predicted molar refractivity (Wildman–Crippen MR) is 117 cm³/mol. The Morgan fingerprint density at radius 3 is 2.69 bits per heavy atom. The van der Waals surface area contributed by atoms with Crippen molar-refractivity contribution in [2.75, 3.05) is 17.7 Å². The molecule has 0 unspecified atom stereocenters. The standard InChI is InChI=1S/C21H26N4O3S/c1-5-28-16-8-6-15(7-9-16)23-18(26)12-29-21-24-17-10-14(4)22-19(17)20(27)25(21)11-13(2)3/h6-10,13,22H,5,11-12H2,1-4H3,(H,23,26). The van der Waals surface area contributed by atoms with E-state index in [1.165, 1.54) is 11.8 Å². The van der Waals surface area contributed by atoms with Gasteiger partial charge in [0.15, 0.2) is 5.16 Å². The van der Waals surface area contributed by atoms with Gasteiger partial charge in [0.2, 0.25) is 5.91 Å². The van der Waals surface area contributed by atoms with Crippen LogP contribution in [0.2, 0.25) is 0 Å². The average molecular weight is 415 g/mol. The number of anilines is 1. The van der Waals surface area contributed by atoms with Crippen LogP contribution in [-0.2, 0) is 11.3 Å². The van der Waals surface area contributed by atoms with Gasteiger partial charge in [-0.2, -0.15) is 0 Å². The molecule has 0 aliphatic rings. The third kappa shape index (κ3) is 5.20. The minimum Gasteiger partial charge on any atom is -0.494 e. The van der Waals surface area contributed by atoms with Crippen LogP contribution < -0.4 is 15.6 Å². The Morgan fingerprint density at radius 2 is 2.03 bits per heavy atom. The second-order valence-electron chi connectivity index (χ2n) is 7.21. The number of aryl methyl sites for hydroxylation is 1. The van der Waals surface area contributed by atoms with Gasteiger partial charge in [-0.3, -0.25) is 14.2 Å². The van der Waals surface area contributed by atoms with Crippen molar-refractivity contribution in [3.8, 4) is 5.75 Å². The zero-order valence-corrected chi connectivity index (χ0v) is 17.9. The van der Waals surface area contributed by atoms with Crippen LogP contribution >= 0.6 is 11.8 Å². The monoisotopic (exact) mass is 414 g/mol. The number of carbonyl (C=O) groups excluding carboxylic acids is 1. The van der Waals surface area contributed by atoms with Crippen LogP contribution in [0.15, 0.2) is 40.3 Å². The molecule has 1 amide bonds. The lowest BCUT2D eigenvalue weighted by Gasteiger charge is -2.14. The van der Waals surface area contributed by atoms with Crippen LogP contribution in [0.25, 0.3) is 11.0 Å². The second kappa shape index (κ2) is 9.17. The number of rotatable bonds is 8. The molecule has 0 radical (unpaired) electrons. The number of hydrogen-bond donors (Lipinski definition) is 2. The largest absolute Gasteiger partial charge is 0.494 e. The number of H-pyrrole nitrogens is 1. The van der Waals surface area contributed by atoms with E-state index in [1.807, 2.05) is 45.9 Å². The SMILES string of the molecule is CCOc1ccc(NC(=O)CSc2nc3cc(C)[nH]c3c(=O)n2CC(C)C)cc1. The molecule has 2 heterocycles. The van der Waals surface area contributed by atoms with E-state index in [0.717, 1.165) is 11.4 Å². The maximum Gasteiger partial charge on any atom is 0.278 e. The van der Waals surface area contributed by atoms with Crippen molar-refractivity contribution in [1.82, 2.24) is 14.5 Å². The van der Waals surface area contributed by atoms with E-state index in [2.05, 4.69) is 15.3 Å². The molecule has 0 aliphatic heterocycles. The Bertz CT molecular complexity index is 1050. The van der Waals surface area contributed by atoms with Crippen molar-refractivity contribution in [2.24, 2.45) is 5.92 Å². The average Bonchev–Trinajstić information content (AvgIpc) is 3.05. The summed E-state index contributed by atoms with van der Waals surface area (Å²) in [7, 11) is 0. The molecule has 3 rings (SSSR count). The van der Waals surface area contributed by atoms with E-state index in [-0.39, 0.29) is 23.1 Å². The van der Waals surface area contributed by atoms with Gasteiger partial charge < -0.3 is 15.0 Å². The smallest absolute Gasteiger partial charge is 0.278 e. The van der Waals surface area contributed by atoms with Crippen molar-refractivity contribution >= 4 is 34.4 Å². The maximum absolute atomic E-state index is 12.9. The summed E-state index contributed by atoms with van der Waals surface area (Å²) >= 11 is 1.27. The lowest BCUT2D eigenvalue weighted by molar-refractivity contribution is -0.113. The van der Waals surface area contributed by atoms with Gasteiger partial charge in [-0.15, -0.1) is 0 Å². The summed E-state index contributed by atoms with van der Waals surface area (Å²) in [6.45, 7) is 9.05. The molecule has 0 bridgehead atoms. The molecular weight excluding hydrogens is 388 g/mol. The number of aromatic amines is 1. The van der Waals surface area contributed by atoms with Gasteiger partial charge in [0.05, 0.1) is 17.9 Å². The first-order valence-corrected chi connectivity index (χ1v) is 10.6. The van der Waals surface area contributed by atoms with Crippen LogP contribution in [0.1, 0.15) is 26.5 Å². The van der Waals surface area contributed by atoms with E-state index < -0.39 is 0 Å². The van der Waals surface area contributed by atoms with Gasteiger partial charge in [0.25, 0.3) is 5.56 Å². The third-order valence-electron chi connectivity index (χ3n) is 4.17. The molecule has 3 aromatic rings. The van der Waals surface area contributed by atoms with Crippen molar-refractivity contribution in [2.45, 2.75) is 39.4 Å². The quantitative estimate of drug-likeness (QED) is 0.432. The molecule has 0 spiro atoms. The summed E-state index contributed by atoms with van der Waals surface area (Å²) < 4.78 is 7.05. The first-order valence-electron chi connectivity index (χ1n) is 9.63. The fourth-order valence-corrected chi connectivity index (χ4v) is 3.78. The number of carbonyl (C=O) groups is 1. The summed E-state index contributed by atoms with van der Waals surface area (Å²) in [6.07, 6.45) is 0. The molecule has 2 N–H and O–H groups in total. The number of nitrogens with one attached hydrogen (secondary N) is 2. The zero-order chi connectivity index (χ0) is 21.0. The third-order valence-corrected chi connectivity index (χ3v) is 5.14. The van der Waals surface area contributed by atoms with Crippen molar-refractivity contribution in [3.63, 3.8) is 0 Å². The fourth-order valence-electron chi connectivity index (χ4n) is 2.98. The number of fused-ring (bicyclic) bond motifs is 1. The number of benzene rings is 1. The van der Waals surface area contributed by atoms with Gasteiger partial charge in [-0.1, -0.05) is 25.6 Å². The number of ether oxygens (including phenoxy) is 1. The molecule has 0 saturated carbocycles. The van der Waals surface area contributed by atoms with Crippen molar-refractivity contribution < 1.29 is 9.53 Å². The number of hydrogen-bond acceptors (Lipinski definition) is 5. The molecule has 7 nitrogen and oxygen atoms in total. The molecule has 154 valence electrons. The summed E-state index contributed by atoms with van der Waals surface area (Å²) in [5.41, 5.74) is 2.61. The molecule has 0 aliphatic carbocycles. The van der Waals surface area contributed by atoms with Crippen LogP contribution in [0.5, 0.6) is 5.75 Å². The molecule has 2 aromatic heterocycles. The van der Waals surface area contributed by atoms with Crippen LogP contribution in [0.3, 0.4) is 0 Å². The van der Waals surface area contributed by atoms with Crippen molar-refractivity contribution in [1.29, 1.82) is 0 Å². The number of aromatic nitrogens is 3. The molecule has 29 heavy (non-hydrogen) atoms. The maximum atomic E-state index is 12.9. The van der Waals surface area contributed by atoms with E-state index >= 15 is 0 Å². The molecule has 0 fully saturated rings. The summed E-state index contributed by atoms with van der Waals surface area (Å²) in [4.78, 5) is 33.0. The lowest BCUT2D eigenvalue weighted by atomic mass is 10.2. The number of thioether (sulfide) groups is 1. The van der Waals surface area contributed by atoms with Crippen LogP contribution in [0, 0.1) is 12.8 Å². The Labute approximate surface area is 173 Å². The first kappa shape index (κ1) is 21.0. The van der Waals surface area contributed by atoms with Gasteiger partial charge in [0, 0.05) is 17.9 Å². The predicted octanol–water partition coefficient (Wildman–Crippen LogP) is 3.82. The molecule has 0 atom stereocenters. The Hall–Kier alpha value is -2.74. The van der Waals surface area contributed by atoms with Gasteiger partial charge in [-0.05, 0) is 50.1 Å². The molecule has 8 heteroatoms. The van der Waals surface area contributed by atoms with E-state index in [9.17, 15) is 9.59 Å². The number of nitrogens with zero attached hydrogens (tertiary/aromatic N) is 2. The minimum atomic E-state index is -0.158. The summed E-state index contributed by atoms with van der Waals surface area (Å²) in [5.74, 6) is 1.04. The Morgan fingerprint density at radius 1 is 1.31 bits per heavy atom. The number of amides is 1. The molecule has 0 saturated heterocycles. The van der Waals surface area contributed by atoms with Gasteiger partial charge in [0.1, 0.15) is 11.3 Å². The topological polar surface area (TPSA) is 89.0 Å². The summed E-state index contributed by atoms with van der Waals surface area (Å²) in [6, 6.07) is 9.08. The van der Waals surface area contributed by atoms with E-state index in [4.69, 9.17) is 4.74 Å². The highest BCUT2D eigenvalue weighted by molar-refractivity contribution is 7.99. The van der Waals surface area contributed by atoms with Crippen molar-refractivity contribution in [3.05, 3.63) is 46.4 Å². The van der Waals surface area contributed by atoms with Gasteiger partial charge >= 0.3 is 0 Å². The first-order chi connectivity index (χ1) is 13.9. The normalized spacial score (nSPS) is 11.2. The minimum absolute atomic E-state index is 0.105. The lowest BCUT2D eigenvalue weighted by Crippen LogP contribution is -2.26. The Kier molecular flexibility index (Phi) is 6.64. The zero-order valence-electron chi connectivity index (χ0n) is 17.1. The van der Waals surface area contributed by atoms with Crippen LogP contribution in [0.4, 0.5) is 5.69 Å². The highest BCUT2D eigenvalue weighted by atomic mass is 32.2. The Balaban J connectivity index is 1.74. The fraction of sp³-hybridized carbons (Fsp3) is 0.381. The van der Waals surface area contributed by atoms with E-state index in [1.54, 1.807) is 16.7 Å². The van der Waals surface area contributed by atoms with E-state index in [0.29, 0.717) is 35.0 Å².